The van der Waals surface area contributed by atoms with Crippen molar-refractivity contribution in [3.8, 4) is 22.5 Å². The first-order valence-electron chi connectivity index (χ1n) is 12.0. The van der Waals surface area contributed by atoms with Crippen LogP contribution in [0, 0.1) is 0 Å². The predicted octanol–water partition coefficient (Wildman–Crippen LogP) is 4.37. The van der Waals surface area contributed by atoms with Crippen molar-refractivity contribution >= 4 is 28.3 Å². The summed E-state index contributed by atoms with van der Waals surface area (Å²) in [4.78, 5) is 29.4. The molecule has 0 aliphatic rings. The van der Waals surface area contributed by atoms with Crippen molar-refractivity contribution in [2.75, 3.05) is 11.9 Å². The highest BCUT2D eigenvalue weighted by Gasteiger charge is 2.17. The molecule has 0 unspecified atom stereocenters. The quantitative estimate of drug-likeness (QED) is 0.319. The maximum atomic E-state index is 12.4. The molecule has 3 N–H and O–H groups in total. The second-order valence-electron chi connectivity index (χ2n) is 10.5. The summed E-state index contributed by atoms with van der Waals surface area (Å²) >= 11 is 1.31. The van der Waals surface area contributed by atoms with Crippen molar-refractivity contribution in [3.05, 3.63) is 65.9 Å². The minimum atomic E-state index is -0.853. The monoisotopic (exact) mass is 520 g/mol. The lowest BCUT2D eigenvalue weighted by molar-refractivity contribution is -0.115. The van der Waals surface area contributed by atoms with Gasteiger partial charge in [0.05, 0.1) is 35.6 Å². The first-order valence-corrected chi connectivity index (χ1v) is 12.8. The number of anilines is 1. The van der Waals surface area contributed by atoms with Crippen molar-refractivity contribution in [2.45, 2.75) is 52.3 Å². The number of carbonyl (C=O) groups excluding carboxylic acids is 2. The van der Waals surface area contributed by atoms with Crippen molar-refractivity contribution in [2.24, 2.45) is 0 Å². The van der Waals surface area contributed by atoms with Gasteiger partial charge in [0.2, 0.25) is 5.91 Å². The van der Waals surface area contributed by atoms with Crippen molar-refractivity contribution in [1.29, 1.82) is 0 Å². The number of carbonyl (C=O) groups is 2. The Morgan fingerprint density at radius 3 is 2.43 bits per heavy atom. The zero-order chi connectivity index (χ0) is 26.8. The third-order valence-corrected chi connectivity index (χ3v) is 6.29. The lowest BCUT2D eigenvalue weighted by atomic mass is 10.1. The van der Waals surface area contributed by atoms with Crippen molar-refractivity contribution in [3.63, 3.8) is 0 Å². The summed E-state index contributed by atoms with van der Waals surface area (Å²) < 4.78 is 3.67. The highest BCUT2D eigenvalue weighted by molar-refractivity contribution is 7.14. The summed E-state index contributed by atoms with van der Waals surface area (Å²) in [5, 5.41) is 22.3. The maximum absolute atomic E-state index is 12.4. The van der Waals surface area contributed by atoms with E-state index in [0.717, 1.165) is 22.5 Å². The van der Waals surface area contributed by atoms with E-state index in [2.05, 4.69) is 20.7 Å². The molecule has 4 rings (SSSR count). The van der Waals surface area contributed by atoms with Gasteiger partial charge < -0.3 is 20.3 Å². The molecule has 3 heterocycles. The van der Waals surface area contributed by atoms with Crippen LogP contribution in [0.4, 0.5) is 5.13 Å². The Morgan fingerprint density at radius 1 is 1.03 bits per heavy atom. The van der Waals surface area contributed by atoms with Crippen LogP contribution in [0.2, 0.25) is 0 Å². The van der Waals surface area contributed by atoms with E-state index in [0.29, 0.717) is 17.2 Å². The number of thiazole rings is 1. The van der Waals surface area contributed by atoms with E-state index >= 15 is 0 Å². The van der Waals surface area contributed by atoms with E-state index in [9.17, 15) is 14.7 Å². The lowest BCUT2D eigenvalue weighted by Gasteiger charge is -2.20. The molecule has 194 valence electrons. The SMILES string of the molecule is CC(C)(O)Cn1ccc(-c2cccc(-c3csc(NC(=O)CNC(=O)c4ccn(C(C)(C)C)c4)n3)c2)n1. The molecule has 4 aromatic rings. The molecule has 0 fully saturated rings. The van der Waals surface area contributed by atoms with Crippen molar-refractivity contribution < 1.29 is 14.7 Å². The topological polar surface area (TPSA) is 114 Å². The highest BCUT2D eigenvalue weighted by Crippen LogP contribution is 2.28. The van der Waals surface area contributed by atoms with Gasteiger partial charge in [0.15, 0.2) is 5.13 Å². The van der Waals surface area contributed by atoms with E-state index in [1.807, 2.05) is 73.4 Å². The molecule has 1 aromatic carbocycles. The minimum absolute atomic E-state index is 0.128. The molecule has 0 bridgehead atoms. The van der Waals surface area contributed by atoms with Crippen LogP contribution in [0.1, 0.15) is 45.0 Å². The number of nitrogens with one attached hydrogen (secondary N) is 2. The smallest absolute Gasteiger partial charge is 0.253 e. The maximum Gasteiger partial charge on any atom is 0.253 e. The van der Waals surface area contributed by atoms with Crippen molar-refractivity contribution in [1.82, 2.24) is 24.6 Å². The number of amides is 2. The molecule has 0 spiro atoms. The molecule has 0 atom stereocenters. The number of nitrogens with zero attached hydrogens (tertiary/aromatic N) is 4. The van der Waals surface area contributed by atoms with Gasteiger partial charge in [-0.1, -0.05) is 18.2 Å². The number of benzene rings is 1. The van der Waals surface area contributed by atoms with Crippen LogP contribution < -0.4 is 10.6 Å². The number of hydrogen-bond acceptors (Lipinski definition) is 6. The van der Waals surface area contributed by atoms with Gasteiger partial charge in [0, 0.05) is 40.6 Å². The molecular formula is C27H32N6O3S. The van der Waals surface area contributed by atoms with E-state index in [4.69, 9.17) is 0 Å². The van der Waals surface area contributed by atoms with Gasteiger partial charge in [-0.3, -0.25) is 14.3 Å². The van der Waals surface area contributed by atoms with Crippen LogP contribution in [-0.2, 0) is 16.9 Å². The van der Waals surface area contributed by atoms with Gasteiger partial charge in [-0.15, -0.1) is 11.3 Å². The lowest BCUT2D eigenvalue weighted by Crippen LogP contribution is -2.32. The van der Waals surface area contributed by atoms with Crippen LogP contribution in [0.5, 0.6) is 0 Å². The second-order valence-corrected chi connectivity index (χ2v) is 11.4. The molecule has 0 saturated heterocycles. The third kappa shape index (κ3) is 6.93. The molecule has 3 aromatic heterocycles. The van der Waals surface area contributed by atoms with Gasteiger partial charge in [-0.05, 0) is 52.8 Å². The van der Waals surface area contributed by atoms with Crippen LogP contribution in [0.25, 0.3) is 22.5 Å². The molecule has 0 saturated carbocycles. The molecule has 0 aliphatic heterocycles. The van der Waals surface area contributed by atoms with E-state index in [1.165, 1.54) is 11.3 Å². The summed E-state index contributed by atoms with van der Waals surface area (Å²) in [6.45, 7) is 9.87. The molecule has 0 aliphatic carbocycles. The predicted molar refractivity (Wildman–Crippen MR) is 145 cm³/mol. The van der Waals surface area contributed by atoms with Crippen LogP contribution in [0.15, 0.2) is 60.4 Å². The number of aromatic nitrogens is 4. The van der Waals surface area contributed by atoms with Gasteiger partial charge in [0.1, 0.15) is 0 Å². The number of aliphatic hydroxyl groups is 1. The summed E-state index contributed by atoms with van der Waals surface area (Å²) in [6.07, 6.45) is 5.46. The fraction of sp³-hybridized carbons (Fsp3) is 0.333. The molecular weight excluding hydrogens is 488 g/mol. The Morgan fingerprint density at radius 2 is 1.76 bits per heavy atom. The second kappa shape index (κ2) is 10.3. The summed E-state index contributed by atoms with van der Waals surface area (Å²) in [5.74, 6) is -0.657. The van der Waals surface area contributed by atoms with Gasteiger partial charge in [-0.25, -0.2) is 4.98 Å². The summed E-state index contributed by atoms with van der Waals surface area (Å²) in [6, 6.07) is 11.5. The fourth-order valence-corrected chi connectivity index (χ4v) is 4.41. The van der Waals surface area contributed by atoms with Gasteiger partial charge in [0.25, 0.3) is 5.91 Å². The van der Waals surface area contributed by atoms with Gasteiger partial charge in [-0.2, -0.15) is 5.10 Å². The molecule has 9 nitrogen and oxygen atoms in total. The largest absolute Gasteiger partial charge is 0.389 e. The zero-order valence-electron chi connectivity index (χ0n) is 21.6. The average molecular weight is 521 g/mol. The number of rotatable bonds is 8. The number of hydrogen-bond donors (Lipinski definition) is 3. The Bertz CT molecular complexity index is 1400. The Balaban J connectivity index is 1.36. The van der Waals surface area contributed by atoms with Crippen LogP contribution in [0.3, 0.4) is 0 Å². The Kier molecular flexibility index (Phi) is 7.33. The van der Waals surface area contributed by atoms with Gasteiger partial charge >= 0.3 is 0 Å². The fourth-order valence-electron chi connectivity index (χ4n) is 3.68. The molecule has 2 amide bonds. The summed E-state index contributed by atoms with van der Waals surface area (Å²) in [7, 11) is 0. The zero-order valence-corrected chi connectivity index (χ0v) is 22.5. The van der Waals surface area contributed by atoms with Crippen LogP contribution in [-0.4, -0.2) is 48.4 Å². The molecule has 37 heavy (non-hydrogen) atoms. The molecule has 10 heteroatoms. The minimum Gasteiger partial charge on any atom is -0.389 e. The Hall–Kier alpha value is -3.76. The Labute approximate surface area is 220 Å². The van der Waals surface area contributed by atoms with E-state index in [-0.39, 0.29) is 23.9 Å². The highest BCUT2D eigenvalue weighted by atomic mass is 32.1. The average Bonchev–Trinajstić information content (AvgIpc) is 3.57. The first kappa shape index (κ1) is 26.3. The summed E-state index contributed by atoms with van der Waals surface area (Å²) in [5.41, 5.74) is 2.86. The van der Waals surface area contributed by atoms with E-state index in [1.54, 1.807) is 30.8 Å². The van der Waals surface area contributed by atoms with E-state index < -0.39 is 5.60 Å². The van der Waals surface area contributed by atoms with Crippen LogP contribution >= 0.6 is 11.3 Å². The first-order chi connectivity index (χ1) is 17.4. The third-order valence-electron chi connectivity index (χ3n) is 5.53. The molecule has 0 radical (unpaired) electrons. The standard InChI is InChI=1S/C27H32N6O3S/c1-26(2,3)32-11-9-20(15-32)24(35)28-14-23(34)30-25-29-22(16-37-25)19-8-6-7-18(13-19)21-10-12-33(31-21)17-27(4,5)36/h6-13,15-16,36H,14,17H2,1-5H3,(H,28,35)(H,29,30,34). The normalized spacial score (nSPS) is 11.9.